The Labute approximate surface area is 114 Å². The van der Waals surface area contributed by atoms with Crippen LogP contribution in [0.5, 0.6) is 0 Å². The number of rotatable bonds is 2. The SMILES string of the molecule is C=CCC1(C)C(=O)C=C[C@]23CC4CC(OC4(C)C2)C13. The standard InChI is InChI=1S/C17H22O2/c1-4-6-15(2)13(18)5-7-17-9-11-8-12(14(15)17)19-16(11,3)10-17/h4-5,7,11-12,14H,1,6,8-10H2,2-3H3/t11?,12?,14?,15?,16?,17-/m0/s1. The monoisotopic (exact) mass is 258 g/mol. The molecule has 0 aromatic carbocycles. The Bertz CT molecular complexity index is 507. The average Bonchev–Trinajstić information content (AvgIpc) is 2.68. The predicted molar refractivity (Wildman–Crippen MR) is 73.6 cm³/mol. The largest absolute Gasteiger partial charge is 0.371 e. The first-order valence-corrected chi connectivity index (χ1v) is 7.46. The Hall–Kier alpha value is -0.890. The highest BCUT2D eigenvalue weighted by Gasteiger charge is 2.71. The summed E-state index contributed by atoms with van der Waals surface area (Å²) in [5.41, 5.74) is -0.0228. The van der Waals surface area contributed by atoms with E-state index >= 15 is 0 Å². The molecule has 5 unspecified atom stereocenters. The van der Waals surface area contributed by atoms with Gasteiger partial charge in [-0.1, -0.05) is 19.1 Å². The van der Waals surface area contributed by atoms with Gasteiger partial charge in [0.1, 0.15) is 0 Å². The molecule has 5 aliphatic rings. The second kappa shape index (κ2) is 3.22. The zero-order valence-electron chi connectivity index (χ0n) is 11.8. The summed E-state index contributed by atoms with van der Waals surface area (Å²) in [4.78, 5) is 12.5. The van der Waals surface area contributed by atoms with Crippen molar-refractivity contribution >= 4 is 5.78 Å². The van der Waals surface area contributed by atoms with Gasteiger partial charge in [-0.15, -0.1) is 6.58 Å². The van der Waals surface area contributed by atoms with Crippen LogP contribution in [-0.2, 0) is 9.53 Å². The van der Waals surface area contributed by atoms with Crippen LogP contribution in [0, 0.1) is 22.7 Å². The molecule has 19 heavy (non-hydrogen) atoms. The van der Waals surface area contributed by atoms with Crippen molar-refractivity contribution in [3.8, 4) is 0 Å². The first-order chi connectivity index (χ1) is 8.94. The fourth-order valence-electron chi connectivity index (χ4n) is 5.89. The molecule has 3 aliphatic carbocycles. The zero-order valence-corrected chi connectivity index (χ0v) is 11.8. The van der Waals surface area contributed by atoms with Crippen molar-refractivity contribution in [1.82, 2.24) is 0 Å². The molecule has 0 aromatic rings. The van der Waals surface area contributed by atoms with Crippen molar-refractivity contribution < 1.29 is 9.53 Å². The highest BCUT2D eigenvalue weighted by atomic mass is 16.5. The van der Waals surface area contributed by atoms with E-state index in [1.54, 1.807) is 0 Å². The van der Waals surface area contributed by atoms with Crippen molar-refractivity contribution in [1.29, 1.82) is 0 Å². The molecular formula is C17H22O2. The molecule has 1 spiro atoms. The van der Waals surface area contributed by atoms with E-state index in [4.69, 9.17) is 4.74 Å². The third-order valence-corrected chi connectivity index (χ3v) is 6.48. The zero-order chi connectivity index (χ0) is 13.5. The van der Waals surface area contributed by atoms with Gasteiger partial charge in [-0.3, -0.25) is 4.79 Å². The van der Waals surface area contributed by atoms with Crippen LogP contribution in [-0.4, -0.2) is 17.5 Å². The summed E-state index contributed by atoms with van der Waals surface area (Å²) in [5, 5.41) is 0. The van der Waals surface area contributed by atoms with E-state index in [1.807, 2.05) is 12.2 Å². The molecule has 2 saturated heterocycles. The van der Waals surface area contributed by atoms with Gasteiger partial charge < -0.3 is 4.74 Å². The van der Waals surface area contributed by atoms with Gasteiger partial charge in [0.25, 0.3) is 0 Å². The van der Waals surface area contributed by atoms with Crippen LogP contribution in [0.2, 0.25) is 0 Å². The number of ketones is 1. The number of ether oxygens (including phenoxy) is 1. The van der Waals surface area contributed by atoms with Gasteiger partial charge in [0.2, 0.25) is 0 Å². The number of carbonyl (C=O) groups excluding carboxylic acids is 1. The highest BCUT2D eigenvalue weighted by molar-refractivity contribution is 5.96. The molecule has 4 fully saturated rings. The van der Waals surface area contributed by atoms with E-state index in [0.717, 1.165) is 19.3 Å². The topological polar surface area (TPSA) is 26.3 Å². The Morgan fingerprint density at radius 2 is 2.32 bits per heavy atom. The molecule has 0 radical (unpaired) electrons. The second-order valence-electron chi connectivity index (χ2n) is 7.60. The smallest absolute Gasteiger partial charge is 0.161 e. The van der Waals surface area contributed by atoms with E-state index in [-0.39, 0.29) is 28.3 Å². The molecule has 5 rings (SSSR count). The number of carbonyl (C=O) groups is 1. The molecule has 2 aliphatic heterocycles. The maximum Gasteiger partial charge on any atom is 0.161 e. The van der Waals surface area contributed by atoms with Crippen molar-refractivity contribution in [2.45, 2.75) is 51.2 Å². The molecule has 2 heteroatoms. The lowest BCUT2D eigenvalue weighted by molar-refractivity contribution is -0.167. The lowest BCUT2D eigenvalue weighted by Gasteiger charge is -2.55. The molecule has 2 saturated carbocycles. The lowest BCUT2D eigenvalue weighted by atomic mass is 9.51. The van der Waals surface area contributed by atoms with E-state index in [0.29, 0.717) is 11.8 Å². The highest BCUT2D eigenvalue weighted by Crippen LogP contribution is 2.71. The fourth-order valence-corrected chi connectivity index (χ4v) is 5.89. The molecule has 4 bridgehead atoms. The van der Waals surface area contributed by atoms with Crippen molar-refractivity contribution in [2.75, 3.05) is 0 Å². The Kier molecular flexibility index (Phi) is 2.02. The van der Waals surface area contributed by atoms with Crippen LogP contribution < -0.4 is 0 Å². The van der Waals surface area contributed by atoms with Gasteiger partial charge >= 0.3 is 0 Å². The predicted octanol–water partition coefficient (Wildman–Crippen LogP) is 3.28. The number of hydrogen-bond donors (Lipinski definition) is 0. The van der Waals surface area contributed by atoms with Crippen molar-refractivity contribution in [3.05, 3.63) is 24.8 Å². The molecular weight excluding hydrogens is 236 g/mol. The summed E-state index contributed by atoms with van der Waals surface area (Å²) in [5.74, 6) is 1.31. The molecule has 102 valence electrons. The average molecular weight is 258 g/mol. The Balaban J connectivity index is 1.86. The minimum absolute atomic E-state index is 0.0704. The number of allylic oxidation sites excluding steroid dienone is 3. The van der Waals surface area contributed by atoms with E-state index in [1.165, 1.54) is 6.42 Å². The van der Waals surface area contributed by atoms with Crippen molar-refractivity contribution in [2.24, 2.45) is 22.7 Å². The number of hydrogen-bond acceptors (Lipinski definition) is 2. The van der Waals surface area contributed by atoms with Gasteiger partial charge in [-0.2, -0.15) is 0 Å². The summed E-state index contributed by atoms with van der Waals surface area (Å²) in [6, 6.07) is 0. The normalized spacial score (nSPS) is 57.6. The third-order valence-electron chi connectivity index (χ3n) is 6.48. The van der Waals surface area contributed by atoms with Crippen LogP contribution in [0.3, 0.4) is 0 Å². The summed E-state index contributed by atoms with van der Waals surface area (Å²) < 4.78 is 6.37. The second-order valence-corrected chi connectivity index (χ2v) is 7.60. The van der Waals surface area contributed by atoms with Gasteiger partial charge in [-0.05, 0) is 50.0 Å². The minimum atomic E-state index is -0.308. The lowest BCUT2D eigenvalue weighted by Crippen LogP contribution is -2.56. The quantitative estimate of drug-likeness (QED) is 0.710. The molecule has 0 amide bonds. The molecule has 0 aromatic heterocycles. The Morgan fingerprint density at radius 1 is 1.53 bits per heavy atom. The van der Waals surface area contributed by atoms with Crippen molar-refractivity contribution in [3.63, 3.8) is 0 Å². The van der Waals surface area contributed by atoms with Crippen LogP contribution in [0.4, 0.5) is 0 Å². The van der Waals surface area contributed by atoms with Crippen LogP contribution >= 0.6 is 0 Å². The summed E-state index contributed by atoms with van der Waals surface area (Å²) in [6.45, 7) is 8.27. The maximum absolute atomic E-state index is 12.5. The molecule has 0 N–H and O–H groups in total. The first-order valence-electron chi connectivity index (χ1n) is 7.46. The molecule has 2 heterocycles. The van der Waals surface area contributed by atoms with E-state index in [9.17, 15) is 4.79 Å². The van der Waals surface area contributed by atoms with Gasteiger partial charge in [0, 0.05) is 11.3 Å². The molecule has 2 nitrogen and oxygen atoms in total. The van der Waals surface area contributed by atoms with E-state index < -0.39 is 0 Å². The van der Waals surface area contributed by atoms with E-state index in [2.05, 4.69) is 26.5 Å². The van der Waals surface area contributed by atoms with Crippen LogP contribution in [0.15, 0.2) is 24.8 Å². The van der Waals surface area contributed by atoms with Gasteiger partial charge in [0.05, 0.1) is 11.7 Å². The van der Waals surface area contributed by atoms with Crippen LogP contribution in [0.1, 0.15) is 39.5 Å². The van der Waals surface area contributed by atoms with Crippen LogP contribution in [0.25, 0.3) is 0 Å². The molecule has 6 atom stereocenters. The minimum Gasteiger partial charge on any atom is -0.371 e. The van der Waals surface area contributed by atoms with Gasteiger partial charge in [-0.25, -0.2) is 0 Å². The Morgan fingerprint density at radius 3 is 3.00 bits per heavy atom. The fraction of sp³-hybridized carbons (Fsp3) is 0.706. The first kappa shape index (κ1) is 11.9. The third kappa shape index (κ3) is 1.20. The summed E-state index contributed by atoms with van der Waals surface area (Å²) >= 11 is 0. The maximum atomic E-state index is 12.5. The summed E-state index contributed by atoms with van der Waals surface area (Å²) in [7, 11) is 0. The van der Waals surface area contributed by atoms with Gasteiger partial charge in [0.15, 0.2) is 5.78 Å². The summed E-state index contributed by atoms with van der Waals surface area (Å²) in [6.07, 6.45) is 10.5.